The van der Waals surface area contributed by atoms with Gasteiger partial charge in [-0.1, -0.05) is 29.8 Å². The molecule has 0 aromatic heterocycles. The molecule has 2 aromatic carbocycles. The molecular formula is C19H17ClN2O5. The second-order valence-electron chi connectivity index (χ2n) is 6.47. The van der Waals surface area contributed by atoms with E-state index >= 15 is 0 Å². The van der Waals surface area contributed by atoms with Gasteiger partial charge in [0, 0.05) is 17.2 Å². The van der Waals surface area contributed by atoms with Crippen LogP contribution in [-0.4, -0.2) is 23.4 Å². The van der Waals surface area contributed by atoms with Crippen molar-refractivity contribution in [2.24, 2.45) is 0 Å². The first-order valence-electron chi connectivity index (χ1n) is 8.30. The number of ether oxygens (including phenoxy) is 1. The van der Waals surface area contributed by atoms with Gasteiger partial charge in [0.25, 0.3) is 11.6 Å². The quantitative estimate of drug-likeness (QED) is 0.461. The van der Waals surface area contributed by atoms with E-state index in [2.05, 4.69) is 5.32 Å². The summed E-state index contributed by atoms with van der Waals surface area (Å²) < 4.78 is 5.19. The number of halogens is 1. The van der Waals surface area contributed by atoms with E-state index in [0.29, 0.717) is 29.1 Å². The number of aryl methyl sites for hydroxylation is 1. The summed E-state index contributed by atoms with van der Waals surface area (Å²) in [6.45, 7) is 1.25. The van der Waals surface area contributed by atoms with Crippen LogP contribution in [0.4, 0.5) is 11.4 Å². The van der Waals surface area contributed by atoms with Crippen LogP contribution in [0.5, 0.6) is 0 Å². The van der Waals surface area contributed by atoms with E-state index in [0.717, 1.165) is 5.56 Å². The molecule has 8 heteroatoms. The minimum atomic E-state index is -0.716. The van der Waals surface area contributed by atoms with Crippen LogP contribution in [-0.2, 0) is 19.7 Å². The van der Waals surface area contributed by atoms with Gasteiger partial charge in [-0.2, -0.15) is 0 Å². The summed E-state index contributed by atoms with van der Waals surface area (Å²) in [4.78, 5) is 34.9. The van der Waals surface area contributed by atoms with E-state index in [9.17, 15) is 19.7 Å². The third kappa shape index (κ3) is 4.09. The monoisotopic (exact) mass is 388 g/mol. The van der Waals surface area contributed by atoms with Gasteiger partial charge in [-0.25, -0.2) is 0 Å². The lowest BCUT2D eigenvalue weighted by molar-refractivity contribution is -0.384. The molecule has 1 N–H and O–H groups in total. The molecule has 0 unspecified atom stereocenters. The summed E-state index contributed by atoms with van der Waals surface area (Å²) in [6, 6.07) is 11.1. The fourth-order valence-corrected chi connectivity index (χ4v) is 2.94. The van der Waals surface area contributed by atoms with Crippen molar-refractivity contribution in [2.75, 3.05) is 11.9 Å². The fourth-order valence-electron chi connectivity index (χ4n) is 2.82. The summed E-state index contributed by atoms with van der Waals surface area (Å²) in [5, 5.41) is 14.0. The number of nitrogens with zero attached hydrogens (tertiary/aromatic N) is 1. The molecule has 0 aliphatic heterocycles. The standard InChI is InChI=1S/C19H17ClN2O5/c1-12-2-7-15(22(25)26)10-16(12)21-17(23)11-27-18(24)19(8-9-19)13-3-5-14(20)6-4-13/h2-7,10H,8-9,11H2,1H3,(H,21,23). The average Bonchev–Trinajstić information content (AvgIpc) is 3.44. The molecule has 7 nitrogen and oxygen atoms in total. The van der Waals surface area contributed by atoms with Gasteiger partial charge >= 0.3 is 5.97 Å². The lowest BCUT2D eigenvalue weighted by Crippen LogP contribution is -2.28. The predicted molar refractivity (Wildman–Crippen MR) is 99.8 cm³/mol. The number of carbonyl (C=O) groups excluding carboxylic acids is 2. The molecule has 1 aliphatic rings. The molecule has 0 heterocycles. The van der Waals surface area contributed by atoms with Gasteiger partial charge in [-0.15, -0.1) is 0 Å². The molecule has 1 amide bonds. The third-order valence-corrected chi connectivity index (χ3v) is 4.83. The van der Waals surface area contributed by atoms with E-state index in [1.165, 1.54) is 12.1 Å². The van der Waals surface area contributed by atoms with E-state index in [4.69, 9.17) is 16.3 Å². The van der Waals surface area contributed by atoms with Crippen molar-refractivity contribution in [3.63, 3.8) is 0 Å². The Hall–Kier alpha value is -2.93. The van der Waals surface area contributed by atoms with Gasteiger partial charge in [0.2, 0.25) is 0 Å². The number of non-ortho nitro benzene ring substituents is 1. The van der Waals surface area contributed by atoms with Crippen molar-refractivity contribution in [1.29, 1.82) is 0 Å². The van der Waals surface area contributed by atoms with Gasteiger partial charge < -0.3 is 10.1 Å². The fraction of sp³-hybridized carbons (Fsp3) is 0.263. The van der Waals surface area contributed by atoms with Gasteiger partial charge in [0.15, 0.2) is 6.61 Å². The van der Waals surface area contributed by atoms with Crippen LogP contribution >= 0.6 is 11.6 Å². The molecule has 0 radical (unpaired) electrons. The minimum Gasteiger partial charge on any atom is -0.455 e. The topological polar surface area (TPSA) is 98.5 Å². The van der Waals surface area contributed by atoms with Crippen molar-refractivity contribution in [3.8, 4) is 0 Å². The van der Waals surface area contributed by atoms with Crippen LogP contribution in [0, 0.1) is 17.0 Å². The number of nitro benzene ring substituents is 1. The molecule has 27 heavy (non-hydrogen) atoms. The summed E-state index contributed by atoms with van der Waals surface area (Å²) in [7, 11) is 0. The van der Waals surface area contributed by atoms with Gasteiger partial charge in [-0.05, 0) is 43.0 Å². The summed E-state index contributed by atoms with van der Waals surface area (Å²) >= 11 is 5.87. The van der Waals surface area contributed by atoms with Crippen LogP contribution in [0.1, 0.15) is 24.0 Å². The summed E-state index contributed by atoms with van der Waals surface area (Å²) in [5.41, 5.74) is 0.940. The molecule has 3 rings (SSSR count). The van der Waals surface area contributed by atoms with Crippen LogP contribution in [0.25, 0.3) is 0 Å². The highest BCUT2D eigenvalue weighted by Gasteiger charge is 2.52. The second-order valence-corrected chi connectivity index (χ2v) is 6.91. The van der Waals surface area contributed by atoms with E-state index in [1.807, 2.05) is 0 Å². The molecule has 140 valence electrons. The lowest BCUT2D eigenvalue weighted by Gasteiger charge is -2.15. The zero-order valence-corrected chi connectivity index (χ0v) is 15.3. The van der Waals surface area contributed by atoms with Gasteiger partial charge in [0.05, 0.1) is 16.0 Å². The SMILES string of the molecule is Cc1ccc([N+](=O)[O-])cc1NC(=O)COC(=O)C1(c2ccc(Cl)cc2)CC1. The molecule has 1 saturated carbocycles. The Morgan fingerprint density at radius 3 is 2.48 bits per heavy atom. The smallest absolute Gasteiger partial charge is 0.317 e. The minimum absolute atomic E-state index is 0.132. The van der Waals surface area contributed by atoms with Crippen molar-refractivity contribution < 1.29 is 19.2 Å². The highest BCUT2D eigenvalue weighted by molar-refractivity contribution is 6.30. The molecule has 1 aliphatic carbocycles. The normalized spacial score (nSPS) is 14.3. The number of amides is 1. The molecule has 0 atom stereocenters. The van der Waals surface area contributed by atoms with E-state index < -0.39 is 28.8 Å². The maximum Gasteiger partial charge on any atom is 0.317 e. The Bertz CT molecular complexity index is 907. The Labute approximate surface area is 160 Å². The Morgan fingerprint density at radius 1 is 1.22 bits per heavy atom. The Balaban J connectivity index is 1.61. The zero-order chi connectivity index (χ0) is 19.6. The molecular weight excluding hydrogens is 372 g/mol. The van der Waals surface area contributed by atoms with Crippen LogP contribution in [0.3, 0.4) is 0 Å². The molecule has 0 spiro atoms. The number of esters is 1. The number of benzene rings is 2. The van der Waals surface area contributed by atoms with Gasteiger partial charge in [0.1, 0.15) is 0 Å². The van der Waals surface area contributed by atoms with E-state index in [1.54, 1.807) is 37.3 Å². The number of hydrogen-bond acceptors (Lipinski definition) is 5. The Kier molecular flexibility index (Phi) is 5.14. The summed E-state index contributed by atoms with van der Waals surface area (Å²) in [6.07, 6.45) is 1.30. The lowest BCUT2D eigenvalue weighted by atomic mass is 9.96. The molecule has 2 aromatic rings. The van der Waals surface area contributed by atoms with Crippen LogP contribution in [0.15, 0.2) is 42.5 Å². The van der Waals surface area contributed by atoms with Crippen molar-refractivity contribution in [1.82, 2.24) is 0 Å². The van der Waals surface area contributed by atoms with Crippen LogP contribution in [0.2, 0.25) is 5.02 Å². The molecule has 0 bridgehead atoms. The van der Waals surface area contributed by atoms with Crippen LogP contribution < -0.4 is 5.32 Å². The molecule has 1 fully saturated rings. The zero-order valence-electron chi connectivity index (χ0n) is 14.5. The maximum atomic E-state index is 12.5. The average molecular weight is 389 g/mol. The molecule has 0 saturated heterocycles. The number of hydrogen-bond donors (Lipinski definition) is 1. The highest BCUT2D eigenvalue weighted by Crippen LogP contribution is 2.49. The highest BCUT2D eigenvalue weighted by atomic mass is 35.5. The first-order valence-corrected chi connectivity index (χ1v) is 8.68. The van der Waals surface area contributed by atoms with E-state index in [-0.39, 0.29) is 5.69 Å². The first-order chi connectivity index (χ1) is 12.8. The predicted octanol–water partition coefficient (Wildman–Crippen LogP) is 3.77. The number of nitrogens with one attached hydrogen (secondary N) is 1. The summed E-state index contributed by atoms with van der Waals surface area (Å²) in [5.74, 6) is -1.02. The second kappa shape index (κ2) is 7.36. The maximum absolute atomic E-state index is 12.5. The van der Waals surface area contributed by atoms with Crippen molar-refractivity contribution >= 4 is 34.9 Å². The van der Waals surface area contributed by atoms with Crippen molar-refractivity contribution in [3.05, 3.63) is 68.7 Å². The van der Waals surface area contributed by atoms with Crippen molar-refractivity contribution in [2.45, 2.75) is 25.2 Å². The first kappa shape index (κ1) is 18.8. The third-order valence-electron chi connectivity index (χ3n) is 4.58. The number of anilines is 1. The largest absolute Gasteiger partial charge is 0.455 e. The number of rotatable bonds is 6. The Morgan fingerprint density at radius 2 is 1.89 bits per heavy atom. The number of carbonyl (C=O) groups is 2. The number of nitro groups is 1. The van der Waals surface area contributed by atoms with Gasteiger partial charge in [-0.3, -0.25) is 19.7 Å².